The molecule has 1 fully saturated rings. The lowest BCUT2D eigenvalue weighted by atomic mass is 9.82. The minimum Gasteiger partial charge on any atom is -0.495 e. The number of aromatic nitrogens is 3. The van der Waals surface area contributed by atoms with Crippen LogP contribution in [0.3, 0.4) is 0 Å². The molecule has 4 aromatic rings. The Labute approximate surface area is 259 Å². The van der Waals surface area contributed by atoms with E-state index in [0.717, 1.165) is 5.56 Å². The van der Waals surface area contributed by atoms with Crippen LogP contribution >= 0.6 is 7.60 Å². The molecule has 0 aliphatic heterocycles. The van der Waals surface area contributed by atoms with E-state index in [1.165, 1.54) is 11.7 Å². The van der Waals surface area contributed by atoms with Crippen molar-refractivity contribution in [2.75, 3.05) is 31.0 Å². The quantitative estimate of drug-likeness (QED) is 0.138. The molecule has 0 atom stereocenters. The minimum atomic E-state index is -4.75. The number of rotatable bonds is 11. The van der Waals surface area contributed by atoms with Gasteiger partial charge in [0.15, 0.2) is 0 Å². The highest BCUT2D eigenvalue weighted by molar-refractivity contribution is 7.54. The summed E-state index contributed by atoms with van der Waals surface area (Å²) in [6.45, 7) is 4.19. The van der Waals surface area contributed by atoms with Gasteiger partial charge in [-0.25, -0.2) is 4.98 Å². The van der Waals surface area contributed by atoms with E-state index in [1.807, 2.05) is 6.07 Å². The number of nitrogens with one attached hydrogen (secondary N) is 2. The van der Waals surface area contributed by atoms with Crippen LogP contribution in [0, 0.1) is 0 Å². The lowest BCUT2D eigenvalue weighted by Gasteiger charge is -2.33. The highest BCUT2D eigenvalue weighted by Crippen LogP contribution is 2.59. The number of aromatic hydroxyl groups is 1. The van der Waals surface area contributed by atoms with Gasteiger partial charge >= 0.3 is 13.8 Å². The van der Waals surface area contributed by atoms with E-state index < -0.39 is 25.2 Å². The van der Waals surface area contributed by atoms with E-state index in [1.54, 1.807) is 57.4 Å². The third-order valence-corrected chi connectivity index (χ3v) is 10.7. The number of benzene rings is 2. The van der Waals surface area contributed by atoms with Gasteiger partial charge in [-0.1, -0.05) is 18.2 Å². The second-order valence-corrected chi connectivity index (χ2v) is 13.2. The van der Waals surface area contributed by atoms with Crippen LogP contribution in [0.2, 0.25) is 0 Å². The first-order valence-corrected chi connectivity index (χ1v) is 16.4. The molecule has 1 saturated carbocycles. The number of alkyl halides is 3. The smallest absolute Gasteiger partial charge is 0.421 e. The van der Waals surface area contributed by atoms with Crippen molar-refractivity contribution >= 4 is 41.5 Å². The largest absolute Gasteiger partial charge is 0.495 e. The van der Waals surface area contributed by atoms with Gasteiger partial charge in [0.2, 0.25) is 11.8 Å². The van der Waals surface area contributed by atoms with Gasteiger partial charge in [-0.3, -0.25) is 4.57 Å². The molecule has 1 aliphatic carbocycles. The number of aryl methyl sites for hydroxylation is 1. The Kier molecular flexibility index (Phi) is 9.62. The van der Waals surface area contributed by atoms with E-state index in [0.29, 0.717) is 67.3 Å². The molecule has 2 heterocycles. The van der Waals surface area contributed by atoms with Crippen LogP contribution in [0.15, 0.2) is 48.8 Å². The highest BCUT2D eigenvalue weighted by atomic mass is 31.2. The van der Waals surface area contributed by atoms with Gasteiger partial charge in [0.1, 0.15) is 17.1 Å². The Morgan fingerprint density at radius 3 is 2.36 bits per heavy atom. The van der Waals surface area contributed by atoms with Crippen LogP contribution < -0.4 is 15.4 Å². The van der Waals surface area contributed by atoms with Gasteiger partial charge < -0.3 is 34.1 Å². The Hall–Kier alpha value is -3.80. The molecule has 14 heteroatoms. The summed E-state index contributed by atoms with van der Waals surface area (Å²) in [7, 11) is -0.0832. The maximum absolute atomic E-state index is 14.1. The molecule has 2 aromatic carbocycles. The fraction of sp³-hybridized carbons (Fsp3) is 0.419. The topological polar surface area (TPSA) is 120 Å². The maximum atomic E-state index is 14.1. The molecule has 0 bridgehead atoms. The van der Waals surface area contributed by atoms with Gasteiger partial charge in [-0.15, -0.1) is 0 Å². The summed E-state index contributed by atoms with van der Waals surface area (Å²) in [4.78, 5) is 8.07. The Bertz CT molecular complexity index is 1700. The second kappa shape index (κ2) is 13.3. The van der Waals surface area contributed by atoms with Crippen LogP contribution in [-0.2, 0) is 26.8 Å². The summed E-state index contributed by atoms with van der Waals surface area (Å²) in [6.07, 6.45) is 0.445. The summed E-state index contributed by atoms with van der Waals surface area (Å²) >= 11 is 0. The average Bonchev–Trinajstić information content (AvgIpc) is 3.31. The highest BCUT2D eigenvalue weighted by Gasteiger charge is 2.39. The molecule has 0 amide bonds. The number of fused-ring (bicyclic) bond motifs is 1. The molecule has 3 N–H and O–H groups in total. The lowest BCUT2D eigenvalue weighted by Crippen LogP contribution is -2.20. The van der Waals surface area contributed by atoms with Crippen LogP contribution in [0.5, 0.6) is 11.6 Å². The molecule has 1 aliphatic rings. The van der Waals surface area contributed by atoms with Crippen molar-refractivity contribution in [2.45, 2.75) is 57.3 Å². The molecule has 0 unspecified atom stereocenters. The summed E-state index contributed by atoms with van der Waals surface area (Å²) in [6, 6.07) is 10.4. The standard InChI is InChI=1S/C31H37F3N5O5P/c1-5-43-45(41,44-6-2)20-13-11-19(12-14-20)21-15-16-25(27-22(21)18-39(3)29(27)40)36-28-23(31(32,33)34)17-35-30(38-28)37-24-9-7-8-10-26(24)42-4/h7-10,15-20,40H,5-6,11-14H2,1-4H3,(H2,35,36,37,38). The molecule has 45 heavy (non-hydrogen) atoms. The van der Waals surface area contributed by atoms with Crippen LogP contribution in [-0.4, -0.2) is 45.6 Å². The zero-order valence-electron chi connectivity index (χ0n) is 25.5. The summed E-state index contributed by atoms with van der Waals surface area (Å²) in [5.41, 5.74) is 0.417. The SMILES string of the molecule is CCOP(=O)(OCC)C1CCC(c2ccc(Nc3nc(Nc4ccccc4OC)ncc3C(F)(F)F)c3c(O)n(C)cc23)CC1. The molecule has 242 valence electrons. The number of halogens is 3. The molecule has 10 nitrogen and oxygen atoms in total. The zero-order chi connectivity index (χ0) is 32.4. The number of ether oxygens (including phenoxy) is 1. The van der Waals surface area contributed by atoms with E-state index in [2.05, 4.69) is 20.6 Å². The van der Waals surface area contributed by atoms with Crippen molar-refractivity contribution in [3.8, 4) is 11.6 Å². The number of hydrogen-bond acceptors (Lipinski definition) is 9. The Morgan fingerprint density at radius 2 is 1.71 bits per heavy atom. The van der Waals surface area contributed by atoms with Crippen LogP contribution in [0.25, 0.3) is 10.8 Å². The molecular weight excluding hydrogens is 610 g/mol. The van der Waals surface area contributed by atoms with E-state index in [4.69, 9.17) is 13.8 Å². The first kappa shape index (κ1) is 32.6. The third-order valence-electron chi connectivity index (χ3n) is 8.06. The van der Waals surface area contributed by atoms with Crippen LogP contribution in [0.4, 0.5) is 36.3 Å². The number of methoxy groups -OCH3 is 1. The van der Waals surface area contributed by atoms with Gasteiger partial charge in [-0.2, -0.15) is 18.2 Å². The predicted molar refractivity (Wildman–Crippen MR) is 167 cm³/mol. The monoisotopic (exact) mass is 647 g/mol. The second-order valence-electron chi connectivity index (χ2n) is 10.8. The van der Waals surface area contributed by atoms with Crippen molar-refractivity contribution in [2.24, 2.45) is 7.05 Å². The van der Waals surface area contributed by atoms with E-state index >= 15 is 0 Å². The van der Waals surface area contributed by atoms with Gasteiger partial charge in [0.05, 0.1) is 42.7 Å². The van der Waals surface area contributed by atoms with E-state index in [9.17, 15) is 22.8 Å². The van der Waals surface area contributed by atoms with Crippen molar-refractivity contribution in [3.05, 3.63) is 59.9 Å². The average molecular weight is 648 g/mol. The molecule has 2 aromatic heterocycles. The van der Waals surface area contributed by atoms with Crippen LogP contribution in [0.1, 0.15) is 56.6 Å². The van der Waals surface area contributed by atoms with Crippen molar-refractivity contribution in [1.82, 2.24) is 14.5 Å². The van der Waals surface area contributed by atoms with Crippen molar-refractivity contribution < 1.29 is 36.6 Å². The molecule has 0 radical (unpaired) electrons. The van der Waals surface area contributed by atoms with Gasteiger partial charge in [0, 0.05) is 24.8 Å². The molecule has 0 saturated heterocycles. The zero-order valence-corrected chi connectivity index (χ0v) is 26.4. The fourth-order valence-corrected chi connectivity index (χ4v) is 8.11. The van der Waals surface area contributed by atoms with Gasteiger partial charge in [-0.05, 0) is 69.2 Å². The number of para-hydroxylation sites is 2. The summed E-state index contributed by atoms with van der Waals surface area (Å²) in [5, 5.41) is 17.9. The normalized spacial score (nSPS) is 17.4. The number of hydrogen-bond donors (Lipinski definition) is 3. The summed E-state index contributed by atoms with van der Waals surface area (Å²) < 4.78 is 73.7. The van der Waals surface area contributed by atoms with E-state index in [-0.39, 0.29) is 29.1 Å². The molecular formula is C31H37F3N5O5P. The fourth-order valence-electron chi connectivity index (χ4n) is 5.96. The van der Waals surface area contributed by atoms with Crippen molar-refractivity contribution in [1.29, 1.82) is 0 Å². The number of anilines is 4. The van der Waals surface area contributed by atoms with Gasteiger partial charge in [0.25, 0.3) is 0 Å². The Balaban J connectivity index is 1.47. The minimum absolute atomic E-state index is 0.0756. The first-order chi connectivity index (χ1) is 21.5. The molecule has 0 spiro atoms. The lowest BCUT2D eigenvalue weighted by molar-refractivity contribution is -0.137. The third kappa shape index (κ3) is 6.75. The summed E-state index contributed by atoms with van der Waals surface area (Å²) in [5.74, 6) is -0.105. The predicted octanol–water partition coefficient (Wildman–Crippen LogP) is 8.48. The molecule has 5 rings (SSSR count). The maximum Gasteiger partial charge on any atom is 0.421 e. The van der Waals surface area contributed by atoms with Crippen molar-refractivity contribution in [3.63, 3.8) is 0 Å². The number of nitrogens with zero attached hydrogens (tertiary/aromatic N) is 3. The first-order valence-electron chi connectivity index (χ1n) is 14.8. The Morgan fingerprint density at radius 1 is 1.02 bits per heavy atom.